The number of hydrogen-bond acceptors (Lipinski definition) is 7. The molecule has 0 saturated heterocycles. The molecule has 0 fully saturated rings. The molecule has 4 aromatic carbocycles. The first-order valence-corrected chi connectivity index (χ1v) is 13.5. The second-order valence-corrected chi connectivity index (χ2v) is 10.5. The lowest BCUT2D eigenvalue weighted by atomic mass is 10.2. The highest BCUT2D eigenvalue weighted by Gasteiger charge is 2.21. The Morgan fingerprint density at radius 3 is 2.67 bits per heavy atom. The fourth-order valence-electron chi connectivity index (χ4n) is 4.33. The molecule has 2 heterocycles. The van der Waals surface area contributed by atoms with E-state index in [4.69, 9.17) is 20.8 Å². The molecule has 9 nitrogen and oxygen atoms in total. The molecule has 0 saturated carbocycles. The minimum Gasteiger partial charge on any atom is -0.481 e. The Hall–Kier alpha value is -4.87. The van der Waals surface area contributed by atoms with Gasteiger partial charge in [0, 0.05) is 21.5 Å². The molecule has 208 valence electrons. The van der Waals surface area contributed by atoms with E-state index in [9.17, 15) is 19.3 Å². The van der Waals surface area contributed by atoms with Gasteiger partial charge in [-0.3, -0.25) is 14.9 Å². The third-order valence-electron chi connectivity index (χ3n) is 6.31. The summed E-state index contributed by atoms with van der Waals surface area (Å²) in [4.78, 5) is 29.4. The van der Waals surface area contributed by atoms with Gasteiger partial charge >= 0.3 is 5.69 Å². The van der Waals surface area contributed by atoms with Gasteiger partial charge in [-0.25, -0.2) is 9.37 Å². The Morgan fingerprint density at radius 1 is 1.10 bits per heavy atom. The lowest BCUT2D eigenvalue weighted by Gasteiger charge is -2.10. The van der Waals surface area contributed by atoms with E-state index in [-0.39, 0.29) is 28.8 Å². The standard InChI is InChI=1S/C30H17BrClFN4O5/c31-20-7-10-26-19(13-20)14-27(42-26)29-35-24-4-2-1-3-22(24)30(38)36(29)34-15-18-11-23(32)28(25(12-18)37(39)40)41-16-17-5-8-21(33)9-6-17/h1-15H,16H2. The molecule has 6 rings (SSSR count). The third kappa shape index (κ3) is 5.39. The van der Waals surface area contributed by atoms with E-state index in [1.807, 2.05) is 12.1 Å². The number of benzene rings is 4. The van der Waals surface area contributed by atoms with Gasteiger partial charge in [0.15, 0.2) is 5.76 Å². The molecule has 42 heavy (non-hydrogen) atoms. The van der Waals surface area contributed by atoms with E-state index in [0.717, 1.165) is 14.5 Å². The van der Waals surface area contributed by atoms with Crippen molar-refractivity contribution in [2.75, 3.05) is 0 Å². The van der Waals surface area contributed by atoms with Gasteiger partial charge in [0.25, 0.3) is 5.56 Å². The molecule has 0 amide bonds. The van der Waals surface area contributed by atoms with Gasteiger partial charge in [-0.05, 0) is 60.2 Å². The molecule has 0 radical (unpaired) electrons. The Kier molecular flexibility index (Phi) is 7.27. The molecule has 0 bridgehead atoms. The highest BCUT2D eigenvalue weighted by atomic mass is 79.9. The van der Waals surface area contributed by atoms with Crippen LogP contribution < -0.4 is 10.3 Å². The van der Waals surface area contributed by atoms with Crippen LogP contribution in [0.4, 0.5) is 10.1 Å². The Balaban J connectivity index is 1.41. The quantitative estimate of drug-likeness (QED) is 0.0996. The van der Waals surface area contributed by atoms with Crippen molar-refractivity contribution in [1.82, 2.24) is 9.66 Å². The number of fused-ring (bicyclic) bond motifs is 2. The van der Waals surface area contributed by atoms with E-state index in [2.05, 4.69) is 26.0 Å². The topological polar surface area (TPSA) is 113 Å². The molecule has 0 unspecified atom stereocenters. The van der Waals surface area contributed by atoms with Crippen molar-refractivity contribution in [2.24, 2.45) is 5.10 Å². The number of furan rings is 1. The van der Waals surface area contributed by atoms with Crippen LogP contribution in [0.25, 0.3) is 33.5 Å². The number of aromatic nitrogens is 2. The maximum Gasteiger partial charge on any atom is 0.313 e. The van der Waals surface area contributed by atoms with Crippen LogP contribution in [0.5, 0.6) is 5.75 Å². The van der Waals surface area contributed by atoms with Crippen LogP contribution in [-0.4, -0.2) is 20.8 Å². The minimum absolute atomic E-state index is 0.0418. The van der Waals surface area contributed by atoms with Gasteiger partial charge in [-0.1, -0.05) is 51.8 Å². The molecule has 12 heteroatoms. The molecule has 0 spiro atoms. The first-order valence-electron chi connectivity index (χ1n) is 12.4. The van der Waals surface area contributed by atoms with E-state index < -0.39 is 22.0 Å². The third-order valence-corrected chi connectivity index (χ3v) is 7.09. The SMILES string of the molecule is O=c1c2ccccc2nc(-c2cc3cc(Br)ccc3o2)n1N=Cc1cc(Cl)c(OCc2ccc(F)cc2)c([N+](=O)[O-])c1. The normalized spacial score (nSPS) is 11.5. The van der Waals surface area contributed by atoms with Gasteiger partial charge in [-0.15, -0.1) is 0 Å². The highest BCUT2D eigenvalue weighted by Crippen LogP contribution is 2.36. The largest absolute Gasteiger partial charge is 0.481 e. The predicted molar refractivity (Wildman–Crippen MR) is 161 cm³/mol. The van der Waals surface area contributed by atoms with Crippen molar-refractivity contribution < 1.29 is 18.5 Å². The summed E-state index contributed by atoms with van der Waals surface area (Å²) in [6.07, 6.45) is 1.27. The Bertz CT molecular complexity index is 2090. The summed E-state index contributed by atoms with van der Waals surface area (Å²) < 4.78 is 26.8. The fraction of sp³-hybridized carbons (Fsp3) is 0.0333. The molecule has 0 aliphatic carbocycles. The van der Waals surface area contributed by atoms with Crippen molar-refractivity contribution in [3.8, 4) is 17.3 Å². The zero-order chi connectivity index (χ0) is 29.4. The van der Waals surface area contributed by atoms with Crippen LogP contribution >= 0.6 is 27.5 Å². The summed E-state index contributed by atoms with van der Waals surface area (Å²) in [6, 6.07) is 22.2. The zero-order valence-electron chi connectivity index (χ0n) is 21.3. The van der Waals surface area contributed by atoms with Gasteiger partial charge in [0.2, 0.25) is 11.6 Å². The van der Waals surface area contributed by atoms with Crippen LogP contribution in [0.2, 0.25) is 5.02 Å². The van der Waals surface area contributed by atoms with E-state index >= 15 is 0 Å². The molecule has 0 aliphatic heterocycles. The minimum atomic E-state index is -0.634. The number of nitrogens with zero attached hydrogens (tertiary/aromatic N) is 4. The summed E-state index contributed by atoms with van der Waals surface area (Å²) in [6.45, 7) is -0.0656. The summed E-state index contributed by atoms with van der Waals surface area (Å²) in [7, 11) is 0. The predicted octanol–water partition coefficient (Wildman–Crippen LogP) is 7.73. The number of nitro groups is 1. The summed E-state index contributed by atoms with van der Waals surface area (Å²) in [5, 5.41) is 17.3. The maximum absolute atomic E-state index is 13.5. The molecule has 6 aromatic rings. The van der Waals surface area contributed by atoms with Gasteiger partial charge in [0.1, 0.15) is 18.0 Å². The summed E-state index contributed by atoms with van der Waals surface area (Å²) in [5.41, 5.74) is 1.00. The zero-order valence-corrected chi connectivity index (χ0v) is 23.7. The number of halogens is 3. The van der Waals surface area contributed by atoms with E-state index in [0.29, 0.717) is 27.8 Å². The number of nitro benzene ring substituents is 1. The summed E-state index contributed by atoms with van der Waals surface area (Å²) >= 11 is 9.84. The monoisotopic (exact) mass is 646 g/mol. The lowest BCUT2D eigenvalue weighted by molar-refractivity contribution is -0.385. The molecule has 0 atom stereocenters. The maximum atomic E-state index is 13.5. The van der Waals surface area contributed by atoms with Crippen LogP contribution in [0.3, 0.4) is 0 Å². The van der Waals surface area contributed by atoms with E-state index in [1.54, 1.807) is 36.4 Å². The van der Waals surface area contributed by atoms with Gasteiger partial charge in [-0.2, -0.15) is 9.78 Å². The molecular formula is C30H17BrClFN4O5. The molecule has 0 N–H and O–H groups in total. The van der Waals surface area contributed by atoms with Crippen LogP contribution in [-0.2, 0) is 6.61 Å². The highest BCUT2D eigenvalue weighted by molar-refractivity contribution is 9.10. The lowest BCUT2D eigenvalue weighted by Crippen LogP contribution is -2.20. The van der Waals surface area contributed by atoms with Crippen molar-refractivity contribution in [3.05, 3.63) is 132 Å². The smallest absolute Gasteiger partial charge is 0.313 e. The average Bonchev–Trinajstić information content (AvgIpc) is 3.39. The second kappa shape index (κ2) is 11.2. The fourth-order valence-corrected chi connectivity index (χ4v) is 4.98. The van der Waals surface area contributed by atoms with Crippen molar-refractivity contribution in [3.63, 3.8) is 0 Å². The Morgan fingerprint density at radius 2 is 1.88 bits per heavy atom. The van der Waals surface area contributed by atoms with E-state index in [1.165, 1.54) is 42.6 Å². The summed E-state index contributed by atoms with van der Waals surface area (Å²) in [5.74, 6) is -0.121. The average molecular weight is 648 g/mol. The van der Waals surface area contributed by atoms with Crippen LogP contribution in [0, 0.1) is 15.9 Å². The van der Waals surface area contributed by atoms with Crippen molar-refractivity contribution in [2.45, 2.75) is 6.61 Å². The number of rotatable bonds is 7. The molecule has 0 aliphatic rings. The number of ether oxygens (including phenoxy) is 1. The van der Waals surface area contributed by atoms with Crippen LogP contribution in [0.1, 0.15) is 11.1 Å². The van der Waals surface area contributed by atoms with Gasteiger partial charge < -0.3 is 9.15 Å². The van der Waals surface area contributed by atoms with Crippen LogP contribution in [0.15, 0.2) is 104 Å². The van der Waals surface area contributed by atoms with Gasteiger partial charge in [0.05, 0.1) is 27.1 Å². The molecule has 2 aromatic heterocycles. The van der Waals surface area contributed by atoms with Crippen molar-refractivity contribution in [1.29, 1.82) is 0 Å². The first-order chi connectivity index (χ1) is 20.3. The number of para-hydroxylation sites is 1. The second-order valence-electron chi connectivity index (χ2n) is 9.13. The molecular weight excluding hydrogens is 631 g/mol. The number of hydrogen-bond donors (Lipinski definition) is 0. The first kappa shape index (κ1) is 27.3. The Labute approximate surface area is 249 Å². The van der Waals surface area contributed by atoms with Crippen molar-refractivity contribution >= 4 is 61.3 Å².